The highest BCUT2D eigenvalue weighted by atomic mass is 35.5. The number of methoxy groups -OCH3 is 1. The number of aryl methyl sites for hydroxylation is 1. The summed E-state index contributed by atoms with van der Waals surface area (Å²) in [6.07, 6.45) is 0. The third kappa shape index (κ3) is 4.83. The van der Waals surface area contributed by atoms with Crippen LogP contribution >= 0.6 is 11.6 Å². The zero-order chi connectivity index (χ0) is 20.8. The van der Waals surface area contributed by atoms with Crippen molar-refractivity contribution in [1.82, 2.24) is 15.4 Å². The fraction of sp³-hybridized carbons (Fsp3) is 0.316. The fourth-order valence-electron chi connectivity index (χ4n) is 2.69. The van der Waals surface area contributed by atoms with E-state index < -0.39 is 17.8 Å². The third-order valence-corrected chi connectivity index (χ3v) is 4.33. The number of ether oxygens (including phenoxy) is 2. The number of halogens is 1. The first-order valence-corrected chi connectivity index (χ1v) is 8.92. The Kier molecular flexibility index (Phi) is 7.06. The molecule has 0 aliphatic heterocycles. The standard InChI is InChI=1S/C19H22ClN3O5/c1-5-28-19(26)14-8-11(2)23(12(14)3)10-17(24)21-22-18(25)15-9-13(20)6-7-16(15)27-4/h6-9H,5,10H2,1-4H3,(H,21,24)(H,22,25). The first-order valence-electron chi connectivity index (χ1n) is 8.55. The van der Waals surface area contributed by atoms with Gasteiger partial charge >= 0.3 is 5.97 Å². The molecule has 28 heavy (non-hydrogen) atoms. The molecule has 9 heteroatoms. The molecule has 0 radical (unpaired) electrons. The van der Waals surface area contributed by atoms with Gasteiger partial charge < -0.3 is 14.0 Å². The van der Waals surface area contributed by atoms with Gasteiger partial charge in [0.2, 0.25) is 0 Å². The van der Waals surface area contributed by atoms with Gasteiger partial charge in [-0.25, -0.2) is 4.79 Å². The summed E-state index contributed by atoms with van der Waals surface area (Å²) >= 11 is 5.91. The SMILES string of the molecule is CCOC(=O)c1cc(C)n(CC(=O)NNC(=O)c2cc(Cl)ccc2OC)c1C. The number of carbonyl (C=O) groups excluding carboxylic acids is 3. The summed E-state index contributed by atoms with van der Waals surface area (Å²) in [6.45, 7) is 5.41. The molecule has 1 aromatic carbocycles. The van der Waals surface area contributed by atoms with Crippen molar-refractivity contribution in [3.05, 3.63) is 51.8 Å². The number of nitrogens with one attached hydrogen (secondary N) is 2. The molecular formula is C19H22ClN3O5. The zero-order valence-electron chi connectivity index (χ0n) is 16.1. The van der Waals surface area contributed by atoms with Crippen molar-refractivity contribution in [3.8, 4) is 5.75 Å². The number of rotatable bonds is 6. The van der Waals surface area contributed by atoms with Crippen LogP contribution in [0.3, 0.4) is 0 Å². The molecule has 1 heterocycles. The number of nitrogens with zero attached hydrogens (tertiary/aromatic N) is 1. The quantitative estimate of drug-likeness (QED) is 0.566. The summed E-state index contributed by atoms with van der Waals surface area (Å²) in [5.41, 5.74) is 6.59. The predicted octanol–water partition coefficient (Wildman–Crippen LogP) is 2.40. The van der Waals surface area contributed by atoms with Gasteiger partial charge in [0.25, 0.3) is 11.8 Å². The monoisotopic (exact) mass is 407 g/mol. The van der Waals surface area contributed by atoms with Crippen LogP contribution in [0.5, 0.6) is 5.75 Å². The lowest BCUT2D eigenvalue weighted by Gasteiger charge is -2.13. The molecular weight excluding hydrogens is 386 g/mol. The van der Waals surface area contributed by atoms with Crippen molar-refractivity contribution >= 4 is 29.4 Å². The molecule has 1 aromatic heterocycles. The van der Waals surface area contributed by atoms with E-state index in [1.54, 1.807) is 43.5 Å². The maximum Gasteiger partial charge on any atom is 0.339 e. The Morgan fingerprint density at radius 3 is 2.46 bits per heavy atom. The lowest BCUT2D eigenvalue weighted by atomic mass is 10.2. The summed E-state index contributed by atoms with van der Waals surface area (Å²) in [5.74, 6) is -1.15. The van der Waals surface area contributed by atoms with Gasteiger partial charge in [0.1, 0.15) is 12.3 Å². The summed E-state index contributed by atoms with van der Waals surface area (Å²) < 4.78 is 11.8. The van der Waals surface area contributed by atoms with Crippen molar-refractivity contribution in [2.24, 2.45) is 0 Å². The van der Waals surface area contributed by atoms with Crippen molar-refractivity contribution in [3.63, 3.8) is 0 Å². The maximum atomic E-state index is 12.3. The van der Waals surface area contributed by atoms with Crippen molar-refractivity contribution in [1.29, 1.82) is 0 Å². The zero-order valence-corrected chi connectivity index (χ0v) is 16.8. The number of hydrazine groups is 1. The highest BCUT2D eigenvalue weighted by molar-refractivity contribution is 6.31. The van der Waals surface area contributed by atoms with E-state index in [4.69, 9.17) is 21.1 Å². The molecule has 2 amide bonds. The highest BCUT2D eigenvalue weighted by Gasteiger charge is 2.19. The molecule has 0 spiro atoms. The molecule has 2 N–H and O–H groups in total. The molecule has 2 aromatic rings. The lowest BCUT2D eigenvalue weighted by Crippen LogP contribution is -2.43. The molecule has 0 aliphatic rings. The Hall–Kier alpha value is -3.00. The Morgan fingerprint density at radius 1 is 1.11 bits per heavy atom. The fourth-order valence-corrected chi connectivity index (χ4v) is 2.87. The predicted molar refractivity (Wildman–Crippen MR) is 103 cm³/mol. The first kappa shape index (κ1) is 21.3. The van der Waals surface area contributed by atoms with E-state index in [0.29, 0.717) is 22.0 Å². The van der Waals surface area contributed by atoms with Crippen LogP contribution in [-0.4, -0.2) is 36.1 Å². The molecule has 0 fully saturated rings. The lowest BCUT2D eigenvalue weighted by molar-refractivity contribution is -0.122. The number of amides is 2. The molecule has 0 saturated heterocycles. The van der Waals surface area contributed by atoms with E-state index in [2.05, 4.69) is 10.9 Å². The van der Waals surface area contributed by atoms with Gasteiger partial charge in [0.15, 0.2) is 0 Å². The molecule has 0 aliphatic carbocycles. The average molecular weight is 408 g/mol. The van der Waals surface area contributed by atoms with E-state index in [1.165, 1.54) is 13.2 Å². The van der Waals surface area contributed by atoms with Crippen molar-refractivity contribution < 1.29 is 23.9 Å². The maximum absolute atomic E-state index is 12.3. The minimum atomic E-state index is -0.569. The van der Waals surface area contributed by atoms with Gasteiger partial charge in [0, 0.05) is 16.4 Å². The van der Waals surface area contributed by atoms with Crippen LogP contribution in [0.25, 0.3) is 0 Å². The van der Waals surface area contributed by atoms with Gasteiger partial charge in [-0.2, -0.15) is 0 Å². The van der Waals surface area contributed by atoms with E-state index in [-0.39, 0.29) is 18.7 Å². The molecule has 0 saturated carbocycles. The van der Waals surface area contributed by atoms with E-state index in [1.807, 2.05) is 0 Å². The van der Waals surface area contributed by atoms with Crippen LogP contribution in [0, 0.1) is 13.8 Å². The Morgan fingerprint density at radius 2 is 1.82 bits per heavy atom. The summed E-state index contributed by atoms with van der Waals surface area (Å²) in [7, 11) is 1.43. The molecule has 150 valence electrons. The van der Waals surface area contributed by atoms with Gasteiger partial charge in [-0.3, -0.25) is 20.4 Å². The Bertz CT molecular complexity index is 907. The number of aromatic nitrogens is 1. The van der Waals surface area contributed by atoms with Crippen LogP contribution in [0.4, 0.5) is 0 Å². The van der Waals surface area contributed by atoms with E-state index in [9.17, 15) is 14.4 Å². The molecule has 2 rings (SSSR count). The Labute approximate surface area is 167 Å². The Balaban J connectivity index is 2.04. The third-order valence-electron chi connectivity index (χ3n) is 4.09. The van der Waals surface area contributed by atoms with Crippen LogP contribution in [0.15, 0.2) is 24.3 Å². The summed E-state index contributed by atoms with van der Waals surface area (Å²) in [4.78, 5) is 36.5. The van der Waals surface area contributed by atoms with Crippen LogP contribution < -0.4 is 15.6 Å². The number of benzene rings is 1. The summed E-state index contributed by atoms with van der Waals surface area (Å²) in [5, 5.41) is 0.363. The normalized spacial score (nSPS) is 10.3. The molecule has 0 atom stereocenters. The second-order valence-corrected chi connectivity index (χ2v) is 6.37. The molecule has 0 unspecified atom stereocenters. The number of carbonyl (C=O) groups is 3. The van der Waals surface area contributed by atoms with Gasteiger partial charge in [-0.15, -0.1) is 0 Å². The molecule has 8 nitrogen and oxygen atoms in total. The average Bonchev–Trinajstić information content (AvgIpc) is 2.94. The smallest absolute Gasteiger partial charge is 0.339 e. The minimum absolute atomic E-state index is 0.0793. The first-order chi connectivity index (χ1) is 13.3. The van der Waals surface area contributed by atoms with E-state index in [0.717, 1.165) is 5.69 Å². The van der Waals surface area contributed by atoms with Gasteiger partial charge in [-0.05, 0) is 45.0 Å². The molecule has 0 bridgehead atoms. The van der Waals surface area contributed by atoms with Crippen LogP contribution in [-0.2, 0) is 16.1 Å². The largest absolute Gasteiger partial charge is 0.496 e. The summed E-state index contributed by atoms with van der Waals surface area (Å²) in [6, 6.07) is 6.25. The van der Waals surface area contributed by atoms with Crippen LogP contribution in [0.1, 0.15) is 39.0 Å². The second-order valence-electron chi connectivity index (χ2n) is 5.94. The topological polar surface area (TPSA) is 98.7 Å². The number of esters is 1. The number of hydrogen-bond donors (Lipinski definition) is 2. The van der Waals surface area contributed by atoms with Gasteiger partial charge in [-0.1, -0.05) is 11.6 Å². The minimum Gasteiger partial charge on any atom is -0.496 e. The van der Waals surface area contributed by atoms with Crippen molar-refractivity contribution in [2.45, 2.75) is 27.3 Å². The van der Waals surface area contributed by atoms with Crippen molar-refractivity contribution in [2.75, 3.05) is 13.7 Å². The second kappa shape index (κ2) is 9.27. The van der Waals surface area contributed by atoms with Gasteiger partial charge in [0.05, 0.1) is 24.8 Å². The number of hydrogen-bond acceptors (Lipinski definition) is 5. The van der Waals surface area contributed by atoms with E-state index >= 15 is 0 Å². The highest BCUT2D eigenvalue weighted by Crippen LogP contribution is 2.22. The van der Waals surface area contributed by atoms with Crippen LogP contribution in [0.2, 0.25) is 5.02 Å².